The molecule has 0 aliphatic rings. The van der Waals surface area contributed by atoms with Crippen LogP contribution in [0.2, 0.25) is 0 Å². The van der Waals surface area contributed by atoms with Gasteiger partial charge in [-0.1, -0.05) is 82.2 Å². The van der Waals surface area contributed by atoms with Crippen molar-refractivity contribution in [2.75, 3.05) is 0 Å². The molecule has 0 spiro atoms. The molecule has 0 bridgehead atoms. The van der Waals surface area contributed by atoms with E-state index in [9.17, 15) is 0 Å². The van der Waals surface area contributed by atoms with Crippen LogP contribution in [0.1, 0.15) is 63.2 Å². The predicted octanol–water partition coefficient (Wildman–Crippen LogP) is 8.83. The zero-order valence-corrected chi connectivity index (χ0v) is 17.5. The van der Waals surface area contributed by atoms with Gasteiger partial charge in [0.15, 0.2) is 0 Å². The standard InChI is InChI=1S/C24H30S2/c1-2-3-4-5-6-7-8-9-11-22-17-18-24(26-22)21-15-13-20(14-16-21)23-12-10-19-25-23/h10,12-19H,2-9,11H2,1H3. The molecule has 0 atom stereocenters. The number of hydrogen-bond donors (Lipinski definition) is 0. The molecule has 26 heavy (non-hydrogen) atoms. The average Bonchev–Trinajstić information content (AvgIpc) is 3.36. The molecule has 3 aromatic rings. The van der Waals surface area contributed by atoms with Crippen molar-refractivity contribution in [1.29, 1.82) is 0 Å². The normalized spacial score (nSPS) is 11.1. The summed E-state index contributed by atoms with van der Waals surface area (Å²) in [6.07, 6.45) is 12.4. The van der Waals surface area contributed by atoms with Gasteiger partial charge in [0.05, 0.1) is 0 Å². The zero-order valence-electron chi connectivity index (χ0n) is 15.9. The molecule has 1 aromatic carbocycles. The molecule has 0 saturated heterocycles. The molecular formula is C24H30S2. The van der Waals surface area contributed by atoms with Crippen LogP contribution in [0.3, 0.4) is 0 Å². The van der Waals surface area contributed by atoms with Gasteiger partial charge in [-0.3, -0.25) is 0 Å². The van der Waals surface area contributed by atoms with Gasteiger partial charge in [0.1, 0.15) is 0 Å². The van der Waals surface area contributed by atoms with Gasteiger partial charge in [-0.15, -0.1) is 22.7 Å². The van der Waals surface area contributed by atoms with E-state index >= 15 is 0 Å². The Morgan fingerprint density at radius 3 is 1.96 bits per heavy atom. The first-order chi connectivity index (χ1) is 12.9. The summed E-state index contributed by atoms with van der Waals surface area (Å²) in [4.78, 5) is 4.28. The van der Waals surface area contributed by atoms with Crippen molar-refractivity contribution in [1.82, 2.24) is 0 Å². The van der Waals surface area contributed by atoms with Crippen LogP contribution in [0, 0.1) is 0 Å². The van der Waals surface area contributed by atoms with E-state index in [4.69, 9.17) is 0 Å². The summed E-state index contributed by atoms with van der Waals surface area (Å²) < 4.78 is 0. The van der Waals surface area contributed by atoms with E-state index in [1.165, 1.54) is 83.5 Å². The number of hydrogen-bond acceptors (Lipinski definition) is 2. The fourth-order valence-corrected chi connectivity index (χ4v) is 5.13. The molecule has 0 aliphatic heterocycles. The first kappa shape index (κ1) is 19.4. The average molecular weight is 383 g/mol. The fraction of sp³-hybridized carbons (Fsp3) is 0.417. The molecule has 0 N–H and O–H groups in total. The highest BCUT2D eigenvalue weighted by molar-refractivity contribution is 7.15. The highest BCUT2D eigenvalue weighted by atomic mass is 32.1. The largest absolute Gasteiger partial charge is 0.144 e. The highest BCUT2D eigenvalue weighted by Gasteiger charge is 2.04. The molecule has 0 saturated carbocycles. The molecular weight excluding hydrogens is 352 g/mol. The van der Waals surface area contributed by atoms with Gasteiger partial charge in [-0.25, -0.2) is 0 Å². The summed E-state index contributed by atoms with van der Waals surface area (Å²) in [5.41, 5.74) is 2.66. The molecule has 0 fully saturated rings. The number of benzene rings is 1. The van der Waals surface area contributed by atoms with E-state index in [1.807, 2.05) is 11.3 Å². The van der Waals surface area contributed by atoms with E-state index < -0.39 is 0 Å². The summed E-state index contributed by atoms with van der Waals surface area (Å²) >= 11 is 3.77. The van der Waals surface area contributed by atoms with Crippen LogP contribution in [0.4, 0.5) is 0 Å². The van der Waals surface area contributed by atoms with Crippen LogP contribution >= 0.6 is 22.7 Å². The second-order valence-corrected chi connectivity index (χ2v) is 9.16. The van der Waals surface area contributed by atoms with Gasteiger partial charge >= 0.3 is 0 Å². The lowest BCUT2D eigenvalue weighted by Crippen LogP contribution is -1.83. The Hall–Kier alpha value is -1.38. The Morgan fingerprint density at radius 1 is 0.654 bits per heavy atom. The molecule has 2 heterocycles. The van der Waals surface area contributed by atoms with Crippen LogP contribution in [0.25, 0.3) is 20.9 Å². The van der Waals surface area contributed by atoms with Gasteiger partial charge in [0.25, 0.3) is 0 Å². The highest BCUT2D eigenvalue weighted by Crippen LogP contribution is 2.32. The van der Waals surface area contributed by atoms with Crippen molar-refractivity contribution < 1.29 is 0 Å². The molecule has 0 amide bonds. The third-order valence-electron chi connectivity index (χ3n) is 4.91. The minimum atomic E-state index is 1.24. The van der Waals surface area contributed by atoms with Gasteiger partial charge < -0.3 is 0 Å². The number of thiophene rings is 2. The molecule has 2 heteroatoms. The lowest BCUT2D eigenvalue weighted by molar-refractivity contribution is 0.576. The predicted molar refractivity (Wildman–Crippen MR) is 119 cm³/mol. The van der Waals surface area contributed by atoms with Crippen molar-refractivity contribution in [3.05, 3.63) is 58.8 Å². The van der Waals surface area contributed by atoms with E-state index in [0.29, 0.717) is 0 Å². The minimum absolute atomic E-state index is 1.24. The Balaban J connectivity index is 1.43. The zero-order chi connectivity index (χ0) is 18.0. The molecule has 2 aromatic heterocycles. The van der Waals surface area contributed by atoms with Crippen LogP contribution in [-0.2, 0) is 6.42 Å². The van der Waals surface area contributed by atoms with Gasteiger partial charge in [0, 0.05) is 14.6 Å². The summed E-state index contributed by atoms with van der Waals surface area (Å²) in [5.74, 6) is 0. The molecule has 0 unspecified atom stereocenters. The van der Waals surface area contributed by atoms with Crippen LogP contribution in [0.15, 0.2) is 53.9 Å². The Morgan fingerprint density at radius 2 is 1.31 bits per heavy atom. The maximum atomic E-state index is 2.33. The van der Waals surface area contributed by atoms with Crippen LogP contribution in [0.5, 0.6) is 0 Å². The molecule has 138 valence electrons. The Bertz CT molecular complexity index is 735. The van der Waals surface area contributed by atoms with Crippen molar-refractivity contribution in [2.24, 2.45) is 0 Å². The van der Waals surface area contributed by atoms with Crippen molar-refractivity contribution in [3.63, 3.8) is 0 Å². The van der Waals surface area contributed by atoms with E-state index in [2.05, 4.69) is 60.8 Å². The first-order valence-electron chi connectivity index (χ1n) is 10.1. The van der Waals surface area contributed by atoms with Crippen molar-refractivity contribution >= 4 is 22.7 Å². The topological polar surface area (TPSA) is 0 Å². The molecule has 0 radical (unpaired) electrons. The Kier molecular flexibility index (Phi) is 7.97. The van der Waals surface area contributed by atoms with Crippen molar-refractivity contribution in [3.8, 4) is 20.9 Å². The molecule has 3 rings (SSSR count). The summed E-state index contributed by atoms with van der Waals surface area (Å²) in [5, 5.41) is 2.14. The van der Waals surface area contributed by atoms with Crippen LogP contribution < -0.4 is 0 Å². The molecule has 0 aliphatic carbocycles. The third kappa shape index (κ3) is 5.82. The fourth-order valence-electron chi connectivity index (χ4n) is 3.34. The minimum Gasteiger partial charge on any atom is -0.144 e. The lowest BCUT2D eigenvalue weighted by Gasteiger charge is -2.02. The van der Waals surface area contributed by atoms with Gasteiger partial charge in [0.2, 0.25) is 0 Å². The number of rotatable bonds is 11. The summed E-state index contributed by atoms with van der Waals surface area (Å²) in [6, 6.07) is 18.0. The summed E-state index contributed by atoms with van der Waals surface area (Å²) in [7, 11) is 0. The molecule has 0 nitrogen and oxygen atoms in total. The lowest BCUT2D eigenvalue weighted by atomic mass is 10.1. The number of aryl methyl sites for hydroxylation is 1. The summed E-state index contributed by atoms with van der Waals surface area (Å²) in [6.45, 7) is 2.29. The van der Waals surface area contributed by atoms with Crippen molar-refractivity contribution in [2.45, 2.75) is 64.7 Å². The second kappa shape index (κ2) is 10.7. The van der Waals surface area contributed by atoms with Gasteiger partial charge in [-0.2, -0.15) is 0 Å². The third-order valence-corrected chi connectivity index (χ3v) is 7.03. The Labute approximate surface area is 166 Å². The maximum Gasteiger partial charge on any atom is 0.0345 e. The van der Waals surface area contributed by atoms with E-state index in [-0.39, 0.29) is 0 Å². The van der Waals surface area contributed by atoms with Gasteiger partial charge in [-0.05, 0) is 47.5 Å². The number of unbranched alkanes of at least 4 members (excludes halogenated alkanes) is 7. The van der Waals surface area contributed by atoms with Crippen LogP contribution in [-0.4, -0.2) is 0 Å². The van der Waals surface area contributed by atoms with E-state index in [0.717, 1.165) is 0 Å². The maximum absolute atomic E-state index is 2.33. The monoisotopic (exact) mass is 382 g/mol. The first-order valence-corrected chi connectivity index (χ1v) is 11.8. The SMILES string of the molecule is CCCCCCCCCCc1ccc(-c2ccc(-c3cccs3)cc2)s1. The van der Waals surface area contributed by atoms with E-state index in [1.54, 1.807) is 11.3 Å². The smallest absolute Gasteiger partial charge is 0.0345 e. The second-order valence-electron chi connectivity index (χ2n) is 7.05. The quantitative estimate of drug-likeness (QED) is 0.290.